The lowest BCUT2D eigenvalue weighted by molar-refractivity contribution is 0.0674. The monoisotopic (exact) mass is 357 g/mol. The first-order valence-electron chi connectivity index (χ1n) is 7.24. The quantitative estimate of drug-likeness (QED) is 0.732. The van der Waals surface area contributed by atoms with Gasteiger partial charge in [-0.15, -0.1) is 0 Å². The molecule has 4 heteroatoms. The van der Waals surface area contributed by atoms with E-state index in [4.69, 9.17) is 11.6 Å². The molecule has 1 aromatic rings. The zero-order valence-electron chi connectivity index (χ0n) is 12.0. The maximum absolute atomic E-state index is 12.5. The normalized spacial score (nSPS) is 22.6. The third-order valence-electron chi connectivity index (χ3n) is 4.37. The van der Waals surface area contributed by atoms with Gasteiger partial charge in [-0.1, -0.05) is 40.9 Å². The number of carbonyl (C=O) groups excluding carboxylic acids is 1. The van der Waals surface area contributed by atoms with Crippen LogP contribution < -0.4 is 0 Å². The summed E-state index contributed by atoms with van der Waals surface area (Å²) in [6, 6.07) is 5.73. The number of hydrogen-bond acceptors (Lipinski definition) is 1. The van der Waals surface area contributed by atoms with Crippen molar-refractivity contribution in [3.8, 4) is 0 Å². The van der Waals surface area contributed by atoms with Gasteiger partial charge in [-0.25, -0.2) is 0 Å². The maximum Gasteiger partial charge on any atom is 0.253 e. The van der Waals surface area contributed by atoms with Gasteiger partial charge >= 0.3 is 0 Å². The van der Waals surface area contributed by atoms with Crippen molar-refractivity contribution < 1.29 is 4.79 Å². The largest absolute Gasteiger partial charge is 0.339 e. The van der Waals surface area contributed by atoms with Crippen molar-refractivity contribution in [1.82, 2.24) is 4.90 Å². The first-order chi connectivity index (χ1) is 9.51. The summed E-state index contributed by atoms with van der Waals surface area (Å²) in [6.07, 6.45) is 5.95. The SMILES string of the molecule is CCC1CCC(N(C)C(=O)c2cc(Cl)cc(Br)c2)CC1. The van der Waals surface area contributed by atoms with Crippen LogP contribution in [0.25, 0.3) is 0 Å². The third-order valence-corrected chi connectivity index (χ3v) is 5.05. The Labute approximate surface area is 134 Å². The number of amides is 1. The molecule has 1 aliphatic rings. The molecule has 0 aromatic heterocycles. The van der Waals surface area contributed by atoms with Crippen LogP contribution in [0.15, 0.2) is 22.7 Å². The summed E-state index contributed by atoms with van der Waals surface area (Å²) < 4.78 is 0.844. The molecule has 0 unspecified atom stereocenters. The lowest BCUT2D eigenvalue weighted by atomic mass is 9.84. The molecular weight excluding hydrogens is 338 g/mol. The second-order valence-electron chi connectivity index (χ2n) is 5.66. The van der Waals surface area contributed by atoms with Crippen molar-refractivity contribution in [1.29, 1.82) is 0 Å². The predicted octanol–water partition coefficient (Wildman–Crippen LogP) is 5.14. The lowest BCUT2D eigenvalue weighted by Gasteiger charge is -2.34. The molecule has 0 radical (unpaired) electrons. The van der Waals surface area contributed by atoms with Gasteiger partial charge in [-0.05, 0) is 49.8 Å². The summed E-state index contributed by atoms with van der Waals surface area (Å²) in [7, 11) is 1.91. The molecule has 0 atom stereocenters. The molecule has 0 aliphatic heterocycles. The molecule has 2 rings (SSSR count). The van der Waals surface area contributed by atoms with Crippen LogP contribution in [-0.4, -0.2) is 23.9 Å². The Morgan fingerprint density at radius 2 is 1.95 bits per heavy atom. The van der Waals surface area contributed by atoms with Crippen molar-refractivity contribution in [2.24, 2.45) is 5.92 Å². The minimum absolute atomic E-state index is 0.0631. The zero-order valence-corrected chi connectivity index (χ0v) is 14.4. The summed E-state index contributed by atoms with van der Waals surface area (Å²) in [6.45, 7) is 2.25. The molecule has 0 saturated heterocycles. The Balaban J connectivity index is 2.05. The molecule has 0 bridgehead atoms. The van der Waals surface area contributed by atoms with E-state index in [2.05, 4.69) is 22.9 Å². The topological polar surface area (TPSA) is 20.3 Å². The highest BCUT2D eigenvalue weighted by molar-refractivity contribution is 9.10. The summed E-state index contributed by atoms with van der Waals surface area (Å²) >= 11 is 9.41. The van der Waals surface area contributed by atoms with Crippen LogP contribution >= 0.6 is 27.5 Å². The van der Waals surface area contributed by atoms with Crippen molar-refractivity contribution in [2.75, 3.05) is 7.05 Å². The fraction of sp³-hybridized carbons (Fsp3) is 0.562. The molecule has 0 heterocycles. The number of rotatable bonds is 3. The Morgan fingerprint density at radius 1 is 1.30 bits per heavy atom. The fourth-order valence-corrected chi connectivity index (χ4v) is 3.85. The van der Waals surface area contributed by atoms with Gasteiger partial charge in [-0.3, -0.25) is 4.79 Å². The maximum atomic E-state index is 12.5. The van der Waals surface area contributed by atoms with Crippen LogP contribution in [0.2, 0.25) is 5.02 Å². The first-order valence-corrected chi connectivity index (χ1v) is 8.41. The van der Waals surface area contributed by atoms with Gasteiger partial charge in [0, 0.05) is 28.1 Å². The van der Waals surface area contributed by atoms with Crippen molar-refractivity contribution >= 4 is 33.4 Å². The van der Waals surface area contributed by atoms with E-state index in [0.29, 0.717) is 16.6 Å². The minimum Gasteiger partial charge on any atom is -0.339 e. The van der Waals surface area contributed by atoms with Crippen LogP contribution in [0.4, 0.5) is 0 Å². The summed E-state index contributed by atoms with van der Waals surface area (Å²) in [4.78, 5) is 14.4. The molecular formula is C16H21BrClNO. The van der Waals surface area contributed by atoms with Crippen molar-refractivity contribution in [2.45, 2.75) is 45.1 Å². The molecule has 1 aliphatic carbocycles. The highest BCUT2D eigenvalue weighted by atomic mass is 79.9. The smallest absolute Gasteiger partial charge is 0.253 e. The molecule has 1 amide bonds. The number of hydrogen-bond donors (Lipinski definition) is 0. The first kappa shape index (κ1) is 15.8. The predicted molar refractivity (Wildman–Crippen MR) is 87.3 cm³/mol. The third kappa shape index (κ3) is 3.76. The Hall–Kier alpha value is -0.540. The van der Waals surface area contributed by atoms with E-state index < -0.39 is 0 Å². The standard InChI is InChI=1S/C16H21BrClNO/c1-3-11-4-6-15(7-5-11)19(2)16(20)12-8-13(17)10-14(18)9-12/h8-11,15H,3-7H2,1-2H3. The van der Waals surface area contributed by atoms with E-state index >= 15 is 0 Å². The van der Waals surface area contributed by atoms with E-state index in [1.807, 2.05) is 18.0 Å². The van der Waals surface area contributed by atoms with Crippen LogP contribution in [0.1, 0.15) is 49.4 Å². The molecule has 0 N–H and O–H groups in total. The van der Waals surface area contributed by atoms with E-state index in [9.17, 15) is 4.79 Å². The van der Waals surface area contributed by atoms with E-state index in [1.165, 1.54) is 19.3 Å². The molecule has 20 heavy (non-hydrogen) atoms. The van der Waals surface area contributed by atoms with Gasteiger partial charge in [0.2, 0.25) is 0 Å². The molecule has 1 aromatic carbocycles. The zero-order chi connectivity index (χ0) is 14.7. The van der Waals surface area contributed by atoms with Gasteiger partial charge in [0.25, 0.3) is 5.91 Å². The van der Waals surface area contributed by atoms with E-state index in [-0.39, 0.29) is 5.91 Å². The molecule has 110 valence electrons. The van der Waals surface area contributed by atoms with Gasteiger partial charge in [0.1, 0.15) is 0 Å². The minimum atomic E-state index is 0.0631. The Kier molecular flexibility index (Phi) is 5.50. The number of halogens is 2. The summed E-state index contributed by atoms with van der Waals surface area (Å²) in [5.74, 6) is 0.906. The number of benzene rings is 1. The second kappa shape index (κ2) is 6.95. The lowest BCUT2D eigenvalue weighted by Crippen LogP contribution is -2.39. The van der Waals surface area contributed by atoms with Crippen LogP contribution in [0.5, 0.6) is 0 Å². The fourth-order valence-electron chi connectivity index (χ4n) is 2.99. The molecule has 0 spiro atoms. The number of nitrogens with zero attached hydrogens (tertiary/aromatic N) is 1. The van der Waals surface area contributed by atoms with Gasteiger partial charge in [-0.2, -0.15) is 0 Å². The molecule has 2 nitrogen and oxygen atoms in total. The summed E-state index contributed by atoms with van der Waals surface area (Å²) in [5, 5.41) is 0.589. The second-order valence-corrected chi connectivity index (χ2v) is 7.01. The van der Waals surface area contributed by atoms with Crippen molar-refractivity contribution in [3.05, 3.63) is 33.3 Å². The van der Waals surface area contributed by atoms with Crippen LogP contribution in [0, 0.1) is 5.92 Å². The average Bonchev–Trinajstić information content (AvgIpc) is 2.45. The van der Waals surface area contributed by atoms with Gasteiger partial charge in [0.15, 0.2) is 0 Å². The van der Waals surface area contributed by atoms with Crippen LogP contribution in [-0.2, 0) is 0 Å². The molecule has 1 fully saturated rings. The average molecular weight is 359 g/mol. The van der Waals surface area contributed by atoms with E-state index in [1.54, 1.807) is 12.1 Å². The number of carbonyl (C=O) groups is 1. The Morgan fingerprint density at radius 3 is 2.50 bits per heavy atom. The molecule has 1 saturated carbocycles. The highest BCUT2D eigenvalue weighted by Crippen LogP contribution is 2.30. The van der Waals surface area contributed by atoms with Crippen molar-refractivity contribution in [3.63, 3.8) is 0 Å². The van der Waals surface area contributed by atoms with Gasteiger partial charge in [0.05, 0.1) is 0 Å². The van der Waals surface area contributed by atoms with Crippen LogP contribution in [0.3, 0.4) is 0 Å². The summed E-state index contributed by atoms with van der Waals surface area (Å²) in [5.41, 5.74) is 0.657. The van der Waals surface area contributed by atoms with Gasteiger partial charge < -0.3 is 4.90 Å². The Bertz CT molecular complexity index is 463. The van der Waals surface area contributed by atoms with E-state index in [0.717, 1.165) is 23.2 Å². The highest BCUT2D eigenvalue weighted by Gasteiger charge is 2.26.